The second kappa shape index (κ2) is 8.28. The van der Waals surface area contributed by atoms with Gasteiger partial charge in [0.25, 0.3) is 0 Å². The second-order valence-electron chi connectivity index (χ2n) is 4.90. The molecule has 0 aliphatic carbocycles. The highest BCUT2D eigenvalue weighted by atomic mass is 35.5. The average Bonchev–Trinajstić information content (AvgIpc) is 2.50. The maximum absolute atomic E-state index is 12.1. The SMILES string of the molecule is O=C(CS(=O)Cc1ccc(C(=O)O)cc1)Nc1ccc(Cl)cc1Cl. The lowest BCUT2D eigenvalue weighted by atomic mass is 10.1. The summed E-state index contributed by atoms with van der Waals surface area (Å²) in [6.45, 7) is 0. The van der Waals surface area contributed by atoms with E-state index in [1.807, 2.05) is 0 Å². The predicted octanol–water partition coefficient (Wildman–Crippen LogP) is 3.58. The lowest BCUT2D eigenvalue weighted by Crippen LogP contribution is -2.20. The van der Waals surface area contributed by atoms with Crippen LogP contribution in [0.5, 0.6) is 0 Å². The number of halogens is 2. The van der Waals surface area contributed by atoms with Gasteiger partial charge in [-0.1, -0.05) is 35.3 Å². The van der Waals surface area contributed by atoms with Crippen molar-refractivity contribution in [2.24, 2.45) is 0 Å². The molecule has 0 saturated carbocycles. The number of hydrogen-bond acceptors (Lipinski definition) is 3. The third kappa shape index (κ3) is 5.33. The molecule has 2 N–H and O–H groups in total. The van der Waals surface area contributed by atoms with E-state index in [-0.39, 0.29) is 17.1 Å². The molecule has 0 aromatic heterocycles. The summed E-state index contributed by atoms with van der Waals surface area (Å²) in [4.78, 5) is 22.7. The first kappa shape index (κ1) is 18.4. The molecular weight excluding hydrogens is 373 g/mol. The smallest absolute Gasteiger partial charge is 0.335 e. The Morgan fingerprint density at radius 1 is 1.08 bits per heavy atom. The van der Waals surface area contributed by atoms with Crippen LogP contribution >= 0.6 is 23.2 Å². The number of benzene rings is 2. The van der Waals surface area contributed by atoms with Gasteiger partial charge >= 0.3 is 5.97 Å². The minimum Gasteiger partial charge on any atom is -0.478 e. The van der Waals surface area contributed by atoms with Gasteiger partial charge in [-0.15, -0.1) is 0 Å². The Balaban J connectivity index is 1.91. The fourth-order valence-electron chi connectivity index (χ4n) is 1.90. The minimum absolute atomic E-state index is 0.152. The number of carboxylic acids is 1. The molecule has 0 saturated heterocycles. The Morgan fingerprint density at radius 3 is 2.33 bits per heavy atom. The van der Waals surface area contributed by atoms with Gasteiger partial charge in [0.1, 0.15) is 5.75 Å². The van der Waals surface area contributed by atoms with Gasteiger partial charge in [-0.05, 0) is 35.9 Å². The number of carboxylic acid groups (broad SMARTS) is 1. The zero-order valence-corrected chi connectivity index (χ0v) is 14.6. The molecular formula is C16H13Cl2NO4S. The first-order valence-corrected chi connectivity index (χ1v) is 9.01. The predicted molar refractivity (Wildman–Crippen MR) is 95.2 cm³/mol. The van der Waals surface area contributed by atoms with Crippen molar-refractivity contribution < 1.29 is 18.9 Å². The van der Waals surface area contributed by atoms with Crippen molar-refractivity contribution in [3.63, 3.8) is 0 Å². The van der Waals surface area contributed by atoms with Gasteiger partial charge in [0.15, 0.2) is 0 Å². The molecule has 2 rings (SSSR count). The van der Waals surface area contributed by atoms with Crippen LogP contribution in [0.1, 0.15) is 15.9 Å². The Hall–Kier alpha value is -1.89. The Kier molecular flexibility index (Phi) is 6.36. The number of aromatic carboxylic acids is 1. The molecule has 5 nitrogen and oxygen atoms in total. The van der Waals surface area contributed by atoms with Gasteiger partial charge in [-0.3, -0.25) is 9.00 Å². The highest BCUT2D eigenvalue weighted by Gasteiger charge is 2.11. The minimum atomic E-state index is -1.43. The van der Waals surface area contributed by atoms with Gasteiger partial charge in [0.05, 0.1) is 16.3 Å². The highest BCUT2D eigenvalue weighted by Crippen LogP contribution is 2.25. The quantitative estimate of drug-likeness (QED) is 0.795. The van der Waals surface area contributed by atoms with Crippen LogP contribution in [-0.4, -0.2) is 26.9 Å². The monoisotopic (exact) mass is 385 g/mol. The van der Waals surface area contributed by atoms with Crippen LogP contribution in [0.3, 0.4) is 0 Å². The molecule has 126 valence electrons. The van der Waals surface area contributed by atoms with E-state index < -0.39 is 22.7 Å². The first-order valence-electron chi connectivity index (χ1n) is 6.77. The van der Waals surface area contributed by atoms with Crippen LogP contribution in [0.2, 0.25) is 10.0 Å². The average molecular weight is 386 g/mol. The molecule has 8 heteroatoms. The molecule has 2 aromatic carbocycles. The second-order valence-corrected chi connectivity index (χ2v) is 7.20. The molecule has 0 radical (unpaired) electrons. The molecule has 1 amide bonds. The van der Waals surface area contributed by atoms with Crippen LogP contribution < -0.4 is 5.32 Å². The Morgan fingerprint density at radius 2 is 1.75 bits per heavy atom. The van der Waals surface area contributed by atoms with Gasteiger partial charge < -0.3 is 10.4 Å². The molecule has 1 unspecified atom stereocenters. The third-order valence-electron chi connectivity index (χ3n) is 3.03. The van der Waals surface area contributed by atoms with Crippen molar-refractivity contribution in [2.45, 2.75) is 5.75 Å². The third-order valence-corrected chi connectivity index (χ3v) is 4.81. The molecule has 0 aliphatic rings. The van der Waals surface area contributed by atoms with E-state index in [0.717, 1.165) is 0 Å². The molecule has 0 aliphatic heterocycles. The number of hydrogen-bond donors (Lipinski definition) is 2. The van der Waals surface area contributed by atoms with E-state index >= 15 is 0 Å². The summed E-state index contributed by atoms with van der Waals surface area (Å²) in [7, 11) is -1.43. The molecule has 0 bridgehead atoms. The molecule has 1 atom stereocenters. The number of carbonyl (C=O) groups is 2. The van der Waals surface area contributed by atoms with E-state index in [1.165, 1.54) is 18.2 Å². The zero-order valence-electron chi connectivity index (χ0n) is 12.3. The van der Waals surface area contributed by atoms with E-state index in [9.17, 15) is 13.8 Å². The lowest BCUT2D eigenvalue weighted by Gasteiger charge is -2.08. The van der Waals surface area contributed by atoms with Crippen LogP contribution in [-0.2, 0) is 21.3 Å². The normalized spacial score (nSPS) is 11.8. The summed E-state index contributed by atoms with van der Waals surface area (Å²) in [5.41, 5.74) is 1.24. The van der Waals surface area contributed by atoms with E-state index in [2.05, 4.69) is 5.32 Å². The van der Waals surface area contributed by atoms with Gasteiger partial charge in [-0.25, -0.2) is 4.79 Å². The highest BCUT2D eigenvalue weighted by molar-refractivity contribution is 7.84. The van der Waals surface area contributed by atoms with Gasteiger partial charge in [-0.2, -0.15) is 0 Å². The Bertz CT molecular complexity index is 793. The summed E-state index contributed by atoms with van der Waals surface area (Å²) in [5, 5.41) is 12.1. The van der Waals surface area contributed by atoms with E-state index in [1.54, 1.807) is 24.3 Å². The van der Waals surface area contributed by atoms with Crippen LogP contribution in [0.15, 0.2) is 42.5 Å². The largest absolute Gasteiger partial charge is 0.478 e. The van der Waals surface area contributed by atoms with Gasteiger partial charge in [0, 0.05) is 21.6 Å². The van der Waals surface area contributed by atoms with Crippen molar-refractivity contribution >= 4 is 51.6 Å². The van der Waals surface area contributed by atoms with Crippen LogP contribution in [0.25, 0.3) is 0 Å². The fourth-order valence-corrected chi connectivity index (χ4v) is 3.39. The van der Waals surface area contributed by atoms with Crippen molar-refractivity contribution in [3.05, 3.63) is 63.6 Å². The molecule has 2 aromatic rings. The van der Waals surface area contributed by atoms with Crippen molar-refractivity contribution in [2.75, 3.05) is 11.1 Å². The van der Waals surface area contributed by atoms with E-state index in [4.69, 9.17) is 28.3 Å². The fraction of sp³-hybridized carbons (Fsp3) is 0.125. The summed E-state index contributed by atoms with van der Waals surface area (Å²) in [6, 6.07) is 10.7. The summed E-state index contributed by atoms with van der Waals surface area (Å²) >= 11 is 11.7. The van der Waals surface area contributed by atoms with Gasteiger partial charge in [0.2, 0.25) is 5.91 Å². The van der Waals surface area contributed by atoms with Crippen molar-refractivity contribution in [1.82, 2.24) is 0 Å². The number of rotatable bonds is 6. The maximum Gasteiger partial charge on any atom is 0.335 e. The van der Waals surface area contributed by atoms with Crippen molar-refractivity contribution in [1.29, 1.82) is 0 Å². The number of nitrogens with one attached hydrogen (secondary N) is 1. The standard InChI is InChI=1S/C16H13Cl2NO4S/c17-12-5-6-14(13(18)7-12)19-15(20)9-24(23)8-10-1-3-11(4-2-10)16(21)22/h1-7H,8-9H2,(H,19,20)(H,21,22). The Labute approximate surface area is 151 Å². The summed E-state index contributed by atoms with van der Waals surface area (Å²) in [6.07, 6.45) is 0. The first-order chi connectivity index (χ1) is 11.3. The molecule has 0 heterocycles. The molecule has 0 fully saturated rings. The van der Waals surface area contributed by atoms with Crippen molar-refractivity contribution in [3.8, 4) is 0 Å². The van der Waals surface area contributed by atoms with Crippen LogP contribution in [0.4, 0.5) is 5.69 Å². The number of amides is 1. The molecule has 0 spiro atoms. The molecule has 24 heavy (non-hydrogen) atoms. The number of anilines is 1. The summed E-state index contributed by atoms with van der Waals surface area (Å²) in [5.74, 6) is -1.50. The summed E-state index contributed by atoms with van der Waals surface area (Å²) < 4.78 is 12.1. The van der Waals surface area contributed by atoms with Crippen LogP contribution in [0, 0.1) is 0 Å². The zero-order chi connectivity index (χ0) is 17.7. The topological polar surface area (TPSA) is 83.5 Å². The van der Waals surface area contributed by atoms with E-state index in [0.29, 0.717) is 21.3 Å². The number of carbonyl (C=O) groups excluding carboxylic acids is 1. The lowest BCUT2D eigenvalue weighted by molar-refractivity contribution is -0.113. The maximum atomic E-state index is 12.1.